The lowest BCUT2D eigenvalue weighted by Gasteiger charge is -2.16. The van der Waals surface area contributed by atoms with Crippen LogP contribution < -0.4 is 4.74 Å². The molecule has 6 rings (SSSR count). The van der Waals surface area contributed by atoms with Gasteiger partial charge in [0.1, 0.15) is 6.61 Å². The number of nitrogens with one attached hydrogen (secondary N) is 1. The minimum atomic E-state index is -1.16. The molecule has 260 valence electrons. The first-order valence-corrected chi connectivity index (χ1v) is 16.4. The second-order valence-electron chi connectivity index (χ2n) is 11.5. The third-order valence-corrected chi connectivity index (χ3v) is 7.98. The van der Waals surface area contributed by atoms with Gasteiger partial charge in [0.2, 0.25) is 17.4 Å². The van der Waals surface area contributed by atoms with Gasteiger partial charge in [-0.15, -0.1) is 15.2 Å². The van der Waals surface area contributed by atoms with Crippen LogP contribution >= 0.6 is 0 Å². The zero-order valence-corrected chi connectivity index (χ0v) is 27.7. The van der Waals surface area contributed by atoms with Gasteiger partial charge in [-0.1, -0.05) is 54.6 Å². The van der Waals surface area contributed by atoms with Crippen molar-refractivity contribution in [2.75, 3.05) is 26.3 Å². The third-order valence-electron chi connectivity index (χ3n) is 7.98. The number of nitrogens with zero attached hydrogens (tertiary/aromatic N) is 8. The molecule has 0 saturated carbocycles. The summed E-state index contributed by atoms with van der Waals surface area (Å²) in [7, 11) is 0. The van der Waals surface area contributed by atoms with E-state index >= 15 is 0 Å². The van der Waals surface area contributed by atoms with E-state index in [1.165, 1.54) is 11.9 Å². The maximum Gasteiger partial charge on any atom is 0.343 e. The Morgan fingerprint density at radius 1 is 1.02 bits per heavy atom. The summed E-state index contributed by atoms with van der Waals surface area (Å²) in [5.41, 5.74) is 5.02. The van der Waals surface area contributed by atoms with Crippen LogP contribution in [0.1, 0.15) is 55.5 Å². The van der Waals surface area contributed by atoms with E-state index in [9.17, 15) is 14.8 Å². The molecular weight excluding hydrogens is 646 g/mol. The van der Waals surface area contributed by atoms with Crippen LogP contribution in [0.3, 0.4) is 0 Å². The molecule has 0 amide bonds. The lowest BCUT2D eigenvalue weighted by Crippen LogP contribution is -2.27. The third kappa shape index (κ3) is 7.97. The van der Waals surface area contributed by atoms with Crippen LogP contribution in [0.4, 0.5) is 0 Å². The van der Waals surface area contributed by atoms with Gasteiger partial charge >= 0.3 is 11.9 Å². The number of imidazole rings is 1. The highest BCUT2D eigenvalue weighted by atomic mass is 16.7. The summed E-state index contributed by atoms with van der Waals surface area (Å²) in [6.45, 7) is 5.38. The SMILES string of the molecule is CCOc1nc2cccc(C(=O)OC(C)OC(=O)CCCO/N=[N+](\[O-])N3CCCC3)c2n1Cc1ccc(-c2ccccc2-c2nn[nH]n2)cc1. The number of hydrogen-bond acceptors (Lipinski definition) is 12. The summed E-state index contributed by atoms with van der Waals surface area (Å²) in [6.07, 6.45) is 0.968. The van der Waals surface area contributed by atoms with E-state index in [4.69, 9.17) is 19.0 Å². The fourth-order valence-corrected chi connectivity index (χ4v) is 5.67. The highest BCUT2D eigenvalue weighted by Gasteiger charge is 2.23. The highest BCUT2D eigenvalue weighted by molar-refractivity contribution is 6.02. The van der Waals surface area contributed by atoms with Crippen molar-refractivity contribution >= 4 is 23.0 Å². The molecule has 1 unspecified atom stereocenters. The van der Waals surface area contributed by atoms with Gasteiger partial charge in [-0.05, 0) is 60.2 Å². The summed E-state index contributed by atoms with van der Waals surface area (Å²) in [5, 5.41) is 31.3. The Hall–Kier alpha value is -6.06. The number of carbonyl (C=O) groups excluding carboxylic acids is 2. The first-order chi connectivity index (χ1) is 24.4. The first kappa shape index (κ1) is 33.8. The minimum Gasteiger partial charge on any atom is -0.569 e. The monoisotopic (exact) mass is 683 g/mol. The van der Waals surface area contributed by atoms with Gasteiger partial charge in [-0.3, -0.25) is 9.36 Å². The van der Waals surface area contributed by atoms with E-state index in [1.54, 1.807) is 18.2 Å². The summed E-state index contributed by atoms with van der Waals surface area (Å²) in [6, 6.07) is 21.3. The molecule has 3 heterocycles. The standard InChI is InChI=1S/C34H37N9O7/c1-3-47-34-35-29-13-8-12-28(33(45)50-23(2)49-30(44)14-9-21-48-40-43(46)41-19-6-7-20-41)31(29)42(34)22-24-15-17-25(18-16-24)26-10-4-5-11-27(26)32-36-38-39-37-32/h4-5,8,10-13,15-18,23H,3,6-7,9,14,19-22H2,1-2H3,(H,36,37,38,39)/b43-40-. The largest absolute Gasteiger partial charge is 0.569 e. The molecule has 1 fully saturated rings. The summed E-state index contributed by atoms with van der Waals surface area (Å²) in [5.74, 6) is -0.771. The Kier molecular flexibility index (Phi) is 10.8. The molecule has 1 aliphatic rings. The molecule has 16 heteroatoms. The van der Waals surface area contributed by atoms with Crippen LogP contribution in [0.15, 0.2) is 72.0 Å². The fourth-order valence-electron chi connectivity index (χ4n) is 5.67. The number of hydrogen-bond donors (Lipinski definition) is 1. The van der Waals surface area contributed by atoms with Crippen molar-refractivity contribution in [2.24, 2.45) is 5.28 Å². The molecule has 0 aliphatic carbocycles. The molecule has 0 radical (unpaired) electrons. The average molecular weight is 684 g/mol. The van der Waals surface area contributed by atoms with Crippen LogP contribution in [0.5, 0.6) is 6.01 Å². The number of fused-ring (bicyclic) bond motifs is 1. The molecule has 2 aromatic heterocycles. The average Bonchev–Trinajstić information content (AvgIpc) is 3.91. The number of H-pyrrole nitrogens is 1. The Bertz CT molecular complexity index is 1940. The van der Waals surface area contributed by atoms with E-state index < -0.39 is 18.2 Å². The lowest BCUT2D eigenvalue weighted by atomic mass is 9.98. The van der Waals surface area contributed by atoms with Crippen LogP contribution in [0, 0.1) is 5.21 Å². The molecule has 1 atom stereocenters. The van der Waals surface area contributed by atoms with Gasteiger partial charge in [0, 0.05) is 18.9 Å². The minimum absolute atomic E-state index is 0.0124. The molecule has 50 heavy (non-hydrogen) atoms. The molecule has 1 saturated heterocycles. The summed E-state index contributed by atoms with van der Waals surface area (Å²) >= 11 is 0. The zero-order chi connectivity index (χ0) is 34.9. The number of aromatic amines is 1. The van der Waals surface area contributed by atoms with Gasteiger partial charge in [0.15, 0.2) is 0 Å². The number of rotatable bonds is 15. The Balaban J connectivity index is 1.11. The van der Waals surface area contributed by atoms with E-state index in [-0.39, 0.29) is 25.0 Å². The fraction of sp³-hybridized carbons (Fsp3) is 0.353. The van der Waals surface area contributed by atoms with Crippen molar-refractivity contribution in [3.8, 4) is 28.5 Å². The Labute approximate surface area is 287 Å². The quantitative estimate of drug-likeness (QED) is 0.0387. The number of benzene rings is 3. The van der Waals surface area contributed by atoms with E-state index in [1.807, 2.05) is 60.0 Å². The predicted molar refractivity (Wildman–Crippen MR) is 178 cm³/mol. The van der Waals surface area contributed by atoms with Crippen LogP contribution in [0.2, 0.25) is 0 Å². The van der Waals surface area contributed by atoms with Crippen molar-refractivity contribution in [2.45, 2.75) is 52.4 Å². The zero-order valence-electron chi connectivity index (χ0n) is 27.7. The van der Waals surface area contributed by atoms with Gasteiger partial charge in [-0.25, -0.2) is 4.79 Å². The number of hydrazine groups is 1. The van der Waals surface area contributed by atoms with Crippen LogP contribution in [-0.4, -0.2) is 84.7 Å². The Morgan fingerprint density at radius 3 is 2.54 bits per heavy atom. The maximum absolute atomic E-state index is 13.4. The number of esters is 2. The molecule has 0 spiro atoms. The van der Waals surface area contributed by atoms with E-state index in [2.05, 4.69) is 30.9 Å². The smallest absolute Gasteiger partial charge is 0.343 e. The second-order valence-corrected chi connectivity index (χ2v) is 11.5. The Morgan fingerprint density at radius 2 is 1.80 bits per heavy atom. The number of para-hydroxylation sites is 1. The highest BCUT2D eigenvalue weighted by Crippen LogP contribution is 2.31. The normalized spacial score (nSPS) is 13.7. The van der Waals surface area contributed by atoms with Gasteiger partial charge in [0.25, 0.3) is 6.01 Å². The van der Waals surface area contributed by atoms with Crippen molar-refractivity contribution in [1.29, 1.82) is 0 Å². The van der Waals surface area contributed by atoms with Crippen LogP contribution in [0.25, 0.3) is 33.5 Å². The molecule has 5 aromatic rings. The molecule has 16 nitrogen and oxygen atoms in total. The molecule has 3 aromatic carbocycles. The van der Waals surface area contributed by atoms with Crippen molar-refractivity contribution in [3.63, 3.8) is 0 Å². The van der Waals surface area contributed by atoms with Crippen molar-refractivity contribution in [3.05, 3.63) is 83.1 Å². The number of carbonyl (C=O) groups is 2. The topological polar surface area (TPSA) is 185 Å². The van der Waals surface area contributed by atoms with Crippen molar-refractivity contribution < 1.29 is 33.6 Å². The lowest BCUT2D eigenvalue weighted by molar-refractivity contribution is -0.707. The van der Waals surface area contributed by atoms with Crippen LogP contribution in [-0.2, 0) is 25.7 Å². The predicted octanol–water partition coefficient (Wildman–Crippen LogP) is 5.06. The van der Waals surface area contributed by atoms with E-state index in [0.29, 0.717) is 54.1 Å². The molecule has 0 bridgehead atoms. The molecular formula is C34H37N9O7. The van der Waals surface area contributed by atoms with Gasteiger partial charge in [0.05, 0.1) is 47.8 Å². The van der Waals surface area contributed by atoms with Gasteiger partial charge in [-0.2, -0.15) is 10.2 Å². The van der Waals surface area contributed by atoms with E-state index in [0.717, 1.165) is 35.1 Å². The second kappa shape index (κ2) is 15.9. The van der Waals surface area contributed by atoms with Gasteiger partial charge < -0.3 is 24.3 Å². The molecule has 1 aliphatic heterocycles. The maximum atomic E-state index is 13.4. The number of aromatic nitrogens is 6. The summed E-state index contributed by atoms with van der Waals surface area (Å²) < 4.78 is 18.5. The summed E-state index contributed by atoms with van der Waals surface area (Å²) in [4.78, 5) is 35.9. The van der Waals surface area contributed by atoms with Crippen molar-refractivity contribution in [1.82, 2.24) is 35.2 Å². The molecule has 1 N–H and O–H groups in total. The number of tetrazole rings is 1. The first-order valence-electron chi connectivity index (χ1n) is 16.4. The number of ether oxygens (including phenoxy) is 3.